The zero-order valence-electron chi connectivity index (χ0n) is 13.6. The number of hydrogen-bond donors (Lipinski definition) is 1. The van der Waals surface area contributed by atoms with Gasteiger partial charge in [0.25, 0.3) is 0 Å². The number of aliphatic imine (C=N–C) groups is 1. The van der Waals surface area contributed by atoms with Gasteiger partial charge in [0.05, 0.1) is 15.8 Å². The highest BCUT2D eigenvalue weighted by molar-refractivity contribution is 7.22. The predicted molar refractivity (Wildman–Crippen MR) is 94.8 cm³/mol. The fourth-order valence-electron chi connectivity index (χ4n) is 2.80. The fraction of sp³-hybridized carbons (Fsp3) is 0.389. The number of carbonyl (C=O) groups excluding carboxylic acids is 1. The molecule has 1 aliphatic carbocycles. The maximum atomic E-state index is 12.2. The van der Waals surface area contributed by atoms with E-state index in [1.54, 1.807) is 0 Å². The summed E-state index contributed by atoms with van der Waals surface area (Å²) in [4.78, 5) is 20.9. The summed E-state index contributed by atoms with van der Waals surface area (Å²) in [5.74, 6) is 0.0706. The van der Waals surface area contributed by atoms with Crippen molar-refractivity contribution in [2.75, 3.05) is 0 Å². The van der Waals surface area contributed by atoms with Gasteiger partial charge in [-0.1, -0.05) is 38.2 Å². The first-order valence-corrected chi connectivity index (χ1v) is 8.58. The van der Waals surface area contributed by atoms with E-state index in [4.69, 9.17) is 0 Å². The van der Waals surface area contributed by atoms with Crippen molar-refractivity contribution >= 4 is 38.7 Å². The summed E-state index contributed by atoms with van der Waals surface area (Å²) in [6.45, 7) is 6.08. The molecule has 1 aromatic heterocycles. The molecule has 0 aliphatic heterocycles. The summed E-state index contributed by atoms with van der Waals surface area (Å²) >= 11 is 1.49. The van der Waals surface area contributed by atoms with Gasteiger partial charge >= 0.3 is 0 Å². The minimum absolute atomic E-state index is 0.0584. The second-order valence-corrected chi connectivity index (χ2v) is 7.72. The number of aliphatic hydroxyl groups excluding tert-OH is 1. The van der Waals surface area contributed by atoms with Crippen LogP contribution in [0.15, 0.2) is 34.5 Å². The summed E-state index contributed by atoms with van der Waals surface area (Å²) in [5, 5.41) is 10.7. The minimum atomic E-state index is -0.190. The van der Waals surface area contributed by atoms with Crippen molar-refractivity contribution in [3.63, 3.8) is 0 Å². The topological polar surface area (TPSA) is 62.6 Å². The number of rotatable bonds is 3. The Morgan fingerprint density at radius 1 is 1.39 bits per heavy atom. The number of ketones is 1. The van der Waals surface area contributed by atoms with E-state index in [1.165, 1.54) is 23.1 Å². The van der Waals surface area contributed by atoms with E-state index in [9.17, 15) is 9.90 Å². The first-order valence-electron chi connectivity index (χ1n) is 7.77. The van der Waals surface area contributed by atoms with Crippen molar-refractivity contribution < 1.29 is 9.90 Å². The Morgan fingerprint density at radius 3 is 2.87 bits per heavy atom. The number of fused-ring (bicyclic) bond motifs is 1. The summed E-state index contributed by atoms with van der Waals surface area (Å²) < 4.78 is 1.09. The molecule has 0 amide bonds. The maximum absolute atomic E-state index is 12.2. The number of aryl methyl sites for hydroxylation is 1. The first kappa shape index (κ1) is 15.9. The van der Waals surface area contributed by atoms with Crippen molar-refractivity contribution in [2.24, 2.45) is 10.4 Å². The third kappa shape index (κ3) is 3.34. The molecule has 0 spiro atoms. The van der Waals surface area contributed by atoms with Crippen LogP contribution in [0.4, 0.5) is 5.13 Å². The zero-order valence-corrected chi connectivity index (χ0v) is 14.4. The molecule has 2 aromatic rings. The predicted octanol–water partition coefficient (Wildman–Crippen LogP) is 4.76. The third-order valence-electron chi connectivity index (χ3n) is 4.05. The number of aromatic nitrogens is 1. The maximum Gasteiger partial charge on any atom is 0.210 e. The second-order valence-electron chi connectivity index (χ2n) is 6.71. The summed E-state index contributed by atoms with van der Waals surface area (Å²) in [6, 6.07) is 6.18. The average molecular weight is 328 g/mol. The molecule has 0 atom stereocenters. The van der Waals surface area contributed by atoms with Crippen molar-refractivity contribution in [2.45, 2.75) is 40.0 Å². The first-order chi connectivity index (χ1) is 10.9. The highest BCUT2D eigenvalue weighted by Crippen LogP contribution is 2.35. The van der Waals surface area contributed by atoms with Gasteiger partial charge in [0.1, 0.15) is 5.76 Å². The number of aliphatic hydroxyl groups is 1. The summed E-state index contributed by atoms with van der Waals surface area (Å²) in [5.41, 5.74) is 2.30. The molecule has 0 fully saturated rings. The van der Waals surface area contributed by atoms with Crippen molar-refractivity contribution in [1.82, 2.24) is 4.98 Å². The zero-order chi connectivity index (χ0) is 16.6. The molecule has 0 saturated carbocycles. The van der Waals surface area contributed by atoms with Crippen molar-refractivity contribution in [3.8, 4) is 0 Å². The molecular weight excluding hydrogens is 308 g/mol. The Balaban J connectivity index is 1.89. The van der Waals surface area contributed by atoms with Crippen LogP contribution in [0.5, 0.6) is 0 Å². The minimum Gasteiger partial charge on any atom is -0.511 e. The van der Waals surface area contributed by atoms with Crippen LogP contribution in [0, 0.1) is 5.41 Å². The Labute approximate surface area is 139 Å². The van der Waals surface area contributed by atoms with E-state index < -0.39 is 0 Å². The molecule has 0 unspecified atom stereocenters. The monoisotopic (exact) mass is 328 g/mol. The molecule has 0 saturated heterocycles. The van der Waals surface area contributed by atoms with Gasteiger partial charge in [0, 0.05) is 19.1 Å². The van der Waals surface area contributed by atoms with Crippen LogP contribution >= 0.6 is 11.3 Å². The molecule has 1 aromatic carbocycles. The lowest BCUT2D eigenvalue weighted by Crippen LogP contribution is -2.26. The molecular formula is C18H20N2O2S. The van der Waals surface area contributed by atoms with Crippen LogP contribution in [0.2, 0.25) is 0 Å². The van der Waals surface area contributed by atoms with E-state index in [1.807, 2.05) is 19.9 Å². The van der Waals surface area contributed by atoms with Gasteiger partial charge in [0.2, 0.25) is 5.13 Å². The normalized spacial score (nSPS) is 18.3. The molecule has 23 heavy (non-hydrogen) atoms. The van der Waals surface area contributed by atoms with E-state index in [-0.39, 0.29) is 17.0 Å². The highest BCUT2D eigenvalue weighted by atomic mass is 32.1. The standard InChI is InChI=1S/C18H20N2O2S/c1-4-11-5-6-13-16(7-11)23-17(20-13)19-10-12-14(21)8-18(2,3)9-15(12)22/h5-7,10,21H,4,8-9H2,1-3H3/b19-10+. The van der Waals surface area contributed by atoms with Gasteiger partial charge in [0.15, 0.2) is 5.78 Å². The van der Waals surface area contributed by atoms with E-state index in [0.717, 1.165) is 16.6 Å². The smallest absolute Gasteiger partial charge is 0.210 e. The van der Waals surface area contributed by atoms with Gasteiger partial charge in [-0.05, 0) is 29.5 Å². The molecule has 0 radical (unpaired) electrons. The molecule has 5 heteroatoms. The molecule has 120 valence electrons. The molecule has 3 rings (SSSR count). The van der Waals surface area contributed by atoms with Crippen LogP contribution in [0.3, 0.4) is 0 Å². The largest absolute Gasteiger partial charge is 0.511 e. The van der Waals surface area contributed by atoms with E-state index in [2.05, 4.69) is 29.0 Å². The molecule has 0 bridgehead atoms. The van der Waals surface area contributed by atoms with Crippen LogP contribution in [-0.4, -0.2) is 22.1 Å². The van der Waals surface area contributed by atoms with Gasteiger partial charge in [-0.2, -0.15) is 0 Å². The number of benzene rings is 1. The number of Topliss-reactive ketones (excluding diaryl/α,β-unsaturated/α-hetero) is 1. The molecule has 1 heterocycles. The third-order valence-corrected chi connectivity index (χ3v) is 4.98. The van der Waals surface area contributed by atoms with Crippen molar-refractivity contribution in [1.29, 1.82) is 0 Å². The summed E-state index contributed by atoms with van der Waals surface area (Å²) in [6.07, 6.45) is 3.38. The Kier molecular flexibility index (Phi) is 4.06. The number of hydrogen-bond acceptors (Lipinski definition) is 5. The lowest BCUT2D eigenvalue weighted by molar-refractivity contribution is -0.117. The second kappa shape index (κ2) is 5.89. The number of thiazole rings is 1. The summed E-state index contributed by atoms with van der Waals surface area (Å²) in [7, 11) is 0. The van der Waals surface area contributed by atoms with Crippen molar-refractivity contribution in [3.05, 3.63) is 35.1 Å². The van der Waals surface area contributed by atoms with Crippen LogP contribution < -0.4 is 0 Å². The molecule has 1 N–H and O–H groups in total. The number of carbonyl (C=O) groups is 1. The number of allylic oxidation sites excluding steroid dienone is 2. The Bertz CT molecular complexity index is 831. The van der Waals surface area contributed by atoms with Gasteiger partial charge in [-0.15, -0.1) is 0 Å². The molecule has 1 aliphatic rings. The Hall–Kier alpha value is -2.01. The SMILES string of the molecule is CCc1ccc2nc(/N=C/C3=C(O)CC(C)(C)CC3=O)sc2c1. The van der Waals surface area contributed by atoms with Gasteiger partial charge < -0.3 is 5.11 Å². The quantitative estimate of drug-likeness (QED) is 0.826. The Morgan fingerprint density at radius 2 is 2.17 bits per heavy atom. The lowest BCUT2D eigenvalue weighted by atomic mass is 9.77. The lowest BCUT2D eigenvalue weighted by Gasteiger charge is -2.28. The number of nitrogens with zero attached hydrogens (tertiary/aromatic N) is 2. The van der Waals surface area contributed by atoms with Gasteiger partial charge in [-0.25, -0.2) is 9.98 Å². The van der Waals surface area contributed by atoms with Crippen LogP contribution in [0.25, 0.3) is 10.2 Å². The van der Waals surface area contributed by atoms with E-state index in [0.29, 0.717) is 23.5 Å². The van der Waals surface area contributed by atoms with Gasteiger partial charge in [-0.3, -0.25) is 4.79 Å². The highest BCUT2D eigenvalue weighted by Gasteiger charge is 2.32. The van der Waals surface area contributed by atoms with E-state index >= 15 is 0 Å². The van der Waals surface area contributed by atoms with Crippen LogP contribution in [0.1, 0.15) is 39.2 Å². The van der Waals surface area contributed by atoms with Crippen LogP contribution in [-0.2, 0) is 11.2 Å². The average Bonchev–Trinajstić information content (AvgIpc) is 2.86. The molecule has 4 nitrogen and oxygen atoms in total. The fourth-order valence-corrected chi connectivity index (χ4v) is 3.67.